The molecule has 2 rings (SSSR count). The van der Waals surface area contributed by atoms with Crippen LogP contribution in [-0.2, 0) is 14.2 Å². The van der Waals surface area contributed by atoms with Crippen molar-refractivity contribution in [3.8, 4) is 0 Å². The first kappa shape index (κ1) is 17.2. The highest BCUT2D eigenvalue weighted by atomic mass is 16.5. The van der Waals surface area contributed by atoms with E-state index in [0.29, 0.717) is 5.92 Å². The fourth-order valence-electron chi connectivity index (χ4n) is 3.85. The quantitative estimate of drug-likeness (QED) is 0.867. The Kier molecular flexibility index (Phi) is 5.69. The summed E-state index contributed by atoms with van der Waals surface area (Å²) < 4.78 is 17.6. The number of ether oxygens (including phenoxy) is 3. The molecular weight excluding hydrogens is 266 g/mol. The molecule has 0 aliphatic carbocycles. The number of hydrogen-bond acceptors (Lipinski definition) is 4. The monoisotopic (exact) mass is 299 g/mol. The predicted octanol–water partition coefficient (Wildman–Crippen LogP) is 2.74. The fourth-order valence-corrected chi connectivity index (χ4v) is 3.85. The number of nitrogens with two attached hydrogens (primary N) is 1. The highest BCUT2D eigenvalue weighted by Crippen LogP contribution is 2.40. The van der Waals surface area contributed by atoms with E-state index >= 15 is 0 Å². The van der Waals surface area contributed by atoms with Gasteiger partial charge < -0.3 is 19.9 Å². The van der Waals surface area contributed by atoms with E-state index in [1.165, 1.54) is 0 Å². The van der Waals surface area contributed by atoms with E-state index in [4.69, 9.17) is 19.9 Å². The zero-order chi connectivity index (χ0) is 15.5. The van der Waals surface area contributed by atoms with Crippen LogP contribution in [0.1, 0.15) is 53.4 Å². The average Bonchev–Trinajstić information content (AvgIpc) is 2.44. The summed E-state index contributed by atoms with van der Waals surface area (Å²) in [7, 11) is 0. The Morgan fingerprint density at radius 2 is 1.90 bits per heavy atom. The van der Waals surface area contributed by atoms with Crippen molar-refractivity contribution < 1.29 is 14.2 Å². The van der Waals surface area contributed by atoms with E-state index in [2.05, 4.69) is 27.7 Å². The molecule has 3 atom stereocenters. The summed E-state index contributed by atoms with van der Waals surface area (Å²) in [4.78, 5) is 0. The fraction of sp³-hybridized carbons (Fsp3) is 1.00. The molecule has 2 saturated heterocycles. The second kappa shape index (κ2) is 6.95. The van der Waals surface area contributed by atoms with Gasteiger partial charge in [-0.15, -0.1) is 0 Å². The van der Waals surface area contributed by atoms with Gasteiger partial charge in [-0.25, -0.2) is 0 Å². The topological polar surface area (TPSA) is 53.7 Å². The Morgan fingerprint density at radius 1 is 1.24 bits per heavy atom. The van der Waals surface area contributed by atoms with Crippen molar-refractivity contribution in [2.45, 2.75) is 71.1 Å². The van der Waals surface area contributed by atoms with Gasteiger partial charge in [-0.2, -0.15) is 0 Å². The maximum atomic E-state index is 6.64. The van der Waals surface area contributed by atoms with Crippen LogP contribution in [0.3, 0.4) is 0 Å². The molecule has 0 bridgehead atoms. The molecule has 0 aromatic heterocycles. The summed E-state index contributed by atoms with van der Waals surface area (Å²) >= 11 is 0. The van der Waals surface area contributed by atoms with Gasteiger partial charge in [-0.05, 0) is 43.9 Å². The molecule has 2 fully saturated rings. The van der Waals surface area contributed by atoms with Crippen LogP contribution in [0.2, 0.25) is 0 Å². The molecule has 21 heavy (non-hydrogen) atoms. The molecule has 4 heteroatoms. The van der Waals surface area contributed by atoms with E-state index in [9.17, 15) is 0 Å². The molecule has 0 radical (unpaired) electrons. The highest BCUT2D eigenvalue weighted by molar-refractivity contribution is 4.96. The molecule has 3 unspecified atom stereocenters. The first-order chi connectivity index (χ1) is 9.88. The smallest absolute Gasteiger partial charge is 0.0776 e. The minimum absolute atomic E-state index is 0.00738. The Labute approximate surface area is 129 Å². The average molecular weight is 299 g/mol. The van der Waals surface area contributed by atoms with Crippen LogP contribution in [0.25, 0.3) is 0 Å². The number of rotatable bonds is 4. The Morgan fingerprint density at radius 3 is 2.48 bits per heavy atom. The zero-order valence-corrected chi connectivity index (χ0v) is 14.2. The van der Waals surface area contributed by atoms with E-state index < -0.39 is 0 Å². The first-order valence-electron chi connectivity index (χ1n) is 8.47. The molecular formula is C17H33NO3. The van der Waals surface area contributed by atoms with Crippen molar-refractivity contribution in [2.75, 3.05) is 26.4 Å². The standard InChI is InChI=1S/C17H33NO3/c1-5-20-15(16(2,3)4)14(18)13-6-9-21-17(12-13)7-10-19-11-8-17/h13-15H,5-12,18H2,1-4H3. The van der Waals surface area contributed by atoms with Crippen LogP contribution < -0.4 is 5.73 Å². The lowest BCUT2D eigenvalue weighted by atomic mass is 9.73. The zero-order valence-electron chi connectivity index (χ0n) is 14.2. The Bertz CT molecular complexity index is 315. The van der Waals surface area contributed by atoms with E-state index in [0.717, 1.165) is 52.1 Å². The predicted molar refractivity (Wildman–Crippen MR) is 84.3 cm³/mol. The highest BCUT2D eigenvalue weighted by Gasteiger charge is 2.44. The molecule has 0 amide bonds. The molecule has 4 nitrogen and oxygen atoms in total. The van der Waals surface area contributed by atoms with Crippen molar-refractivity contribution in [3.63, 3.8) is 0 Å². The largest absolute Gasteiger partial charge is 0.381 e. The van der Waals surface area contributed by atoms with Crippen LogP contribution in [0.5, 0.6) is 0 Å². The normalized spacial score (nSPS) is 29.3. The van der Waals surface area contributed by atoms with Gasteiger partial charge in [-0.3, -0.25) is 0 Å². The third kappa shape index (κ3) is 4.19. The van der Waals surface area contributed by atoms with E-state index in [-0.39, 0.29) is 23.2 Å². The van der Waals surface area contributed by atoms with Crippen LogP contribution in [0, 0.1) is 11.3 Å². The van der Waals surface area contributed by atoms with Crippen molar-refractivity contribution in [1.29, 1.82) is 0 Å². The maximum absolute atomic E-state index is 6.64. The molecule has 2 heterocycles. The lowest BCUT2D eigenvalue weighted by molar-refractivity contribution is -0.156. The lowest BCUT2D eigenvalue weighted by Gasteiger charge is -2.47. The number of hydrogen-bond donors (Lipinski definition) is 1. The van der Waals surface area contributed by atoms with E-state index in [1.54, 1.807) is 0 Å². The van der Waals surface area contributed by atoms with E-state index in [1.807, 2.05) is 0 Å². The van der Waals surface area contributed by atoms with Gasteiger partial charge in [-0.1, -0.05) is 20.8 Å². The summed E-state index contributed by atoms with van der Waals surface area (Å²) in [6.45, 7) is 11.9. The van der Waals surface area contributed by atoms with Crippen molar-refractivity contribution >= 4 is 0 Å². The second-order valence-electron chi connectivity index (χ2n) is 7.72. The Hall–Kier alpha value is -0.160. The van der Waals surface area contributed by atoms with Crippen molar-refractivity contribution in [3.05, 3.63) is 0 Å². The summed E-state index contributed by atoms with van der Waals surface area (Å²) in [5.41, 5.74) is 6.72. The van der Waals surface area contributed by atoms with Crippen LogP contribution in [0.15, 0.2) is 0 Å². The van der Waals surface area contributed by atoms with Gasteiger partial charge in [0.25, 0.3) is 0 Å². The second-order valence-corrected chi connectivity index (χ2v) is 7.72. The van der Waals surface area contributed by atoms with Crippen molar-refractivity contribution in [1.82, 2.24) is 0 Å². The summed E-state index contributed by atoms with van der Waals surface area (Å²) in [6, 6.07) is 0.0774. The van der Waals surface area contributed by atoms with Gasteiger partial charge in [0.1, 0.15) is 0 Å². The third-order valence-corrected chi connectivity index (χ3v) is 5.03. The minimum atomic E-state index is 0.00738. The van der Waals surface area contributed by atoms with Crippen LogP contribution in [-0.4, -0.2) is 44.2 Å². The first-order valence-corrected chi connectivity index (χ1v) is 8.47. The van der Waals surface area contributed by atoms with Crippen LogP contribution in [0.4, 0.5) is 0 Å². The summed E-state index contributed by atoms with van der Waals surface area (Å²) in [5, 5.41) is 0. The van der Waals surface area contributed by atoms with Crippen molar-refractivity contribution in [2.24, 2.45) is 17.1 Å². The molecule has 0 aromatic rings. The molecule has 0 saturated carbocycles. The molecule has 124 valence electrons. The lowest BCUT2D eigenvalue weighted by Crippen LogP contribution is -2.54. The third-order valence-electron chi connectivity index (χ3n) is 5.03. The summed E-state index contributed by atoms with van der Waals surface area (Å²) in [6.07, 6.45) is 4.21. The molecule has 0 aromatic carbocycles. The summed E-state index contributed by atoms with van der Waals surface area (Å²) in [5.74, 6) is 0.479. The molecule has 2 aliphatic rings. The SMILES string of the molecule is CCOC(C(N)C1CCOC2(CCOCC2)C1)C(C)(C)C. The van der Waals surface area contributed by atoms with Gasteiger partial charge in [0, 0.05) is 32.5 Å². The van der Waals surface area contributed by atoms with Gasteiger partial charge in [0.2, 0.25) is 0 Å². The van der Waals surface area contributed by atoms with Gasteiger partial charge >= 0.3 is 0 Å². The Balaban J connectivity index is 2.04. The minimum Gasteiger partial charge on any atom is -0.381 e. The molecule has 1 spiro atoms. The van der Waals surface area contributed by atoms with Gasteiger partial charge in [0.15, 0.2) is 0 Å². The molecule has 2 aliphatic heterocycles. The van der Waals surface area contributed by atoms with Gasteiger partial charge in [0.05, 0.1) is 11.7 Å². The molecule has 2 N–H and O–H groups in total. The van der Waals surface area contributed by atoms with Crippen LogP contribution >= 0.6 is 0 Å². The maximum Gasteiger partial charge on any atom is 0.0776 e.